The number of nitrogens with one attached hydrogen (secondary N) is 1. The second kappa shape index (κ2) is 6.96. The van der Waals surface area contributed by atoms with Crippen molar-refractivity contribution >= 4 is 39.2 Å². The Kier molecular flexibility index (Phi) is 5.26. The van der Waals surface area contributed by atoms with Gasteiger partial charge in [0.05, 0.1) is 17.7 Å². The van der Waals surface area contributed by atoms with Crippen LogP contribution in [0.1, 0.15) is 21.5 Å². The zero-order chi connectivity index (χ0) is 15.4. The maximum Gasteiger partial charge on any atom is 0.339 e. The Labute approximate surface area is 137 Å². The lowest BCUT2D eigenvalue weighted by Gasteiger charge is -2.11. The second-order valence-electron chi connectivity index (χ2n) is 4.63. The standard InChI is InChI=1S/C16H15BrClNO2/c1-10-3-4-11(14(17)7-10)9-19-12-5-6-15(18)13(8-12)16(20)21-2/h3-8,19H,9H2,1-2H3. The molecule has 2 aromatic carbocycles. The van der Waals surface area contributed by atoms with Crippen LogP contribution < -0.4 is 5.32 Å². The average Bonchev–Trinajstić information content (AvgIpc) is 2.47. The Morgan fingerprint density at radius 1 is 1.29 bits per heavy atom. The molecule has 0 aliphatic rings. The second-order valence-corrected chi connectivity index (χ2v) is 5.90. The predicted octanol–water partition coefficient (Wildman–Crippen LogP) is 4.81. The molecule has 21 heavy (non-hydrogen) atoms. The topological polar surface area (TPSA) is 38.3 Å². The van der Waals surface area contributed by atoms with Gasteiger partial charge in [-0.2, -0.15) is 0 Å². The minimum absolute atomic E-state index is 0.354. The minimum Gasteiger partial charge on any atom is -0.465 e. The molecule has 0 spiro atoms. The SMILES string of the molecule is COC(=O)c1cc(NCc2ccc(C)cc2Br)ccc1Cl. The lowest BCUT2D eigenvalue weighted by molar-refractivity contribution is 0.0601. The number of hydrogen-bond donors (Lipinski definition) is 1. The zero-order valence-corrected chi connectivity index (χ0v) is 14.1. The lowest BCUT2D eigenvalue weighted by Crippen LogP contribution is -2.05. The molecule has 0 saturated heterocycles. The summed E-state index contributed by atoms with van der Waals surface area (Å²) in [5.74, 6) is -0.444. The molecule has 0 atom stereocenters. The number of anilines is 1. The maximum absolute atomic E-state index is 11.6. The number of benzene rings is 2. The van der Waals surface area contributed by atoms with Crippen LogP contribution in [0.25, 0.3) is 0 Å². The fourth-order valence-corrected chi connectivity index (χ4v) is 2.72. The van der Waals surface area contributed by atoms with Crippen LogP contribution in [0.2, 0.25) is 5.02 Å². The minimum atomic E-state index is -0.444. The summed E-state index contributed by atoms with van der Waals surface area (Å²) in [5.41, 5.74) is 3.50. The summed E-state index contributed by atoms with van der Waals surface area (Å²) < 4.78 is 5.76. The average molecular weight is 369 g/mol. The van der Waals surface area contributed by atoms with Gasteiger partial charge in [0.15, 0.2) is 0 Å². The first-order valence-corrected chi connectivity index (χ1v) is 7.55. The van der Waals surface area contributed by atoms with Crippen LogP contribution in [0.3, 0.4) is 0 Å². The molecule has 3 nitrogen and oxygen atoms in total. The first-order chi connectivity index (χ1) is 10.0. The highest BCUT2D eigenvalue weighted by molar-refractivity contribution is 9.10. The largest absolute Gasteiger partial charge is 0.465 e. The number of methoxy groups -OCH3 is 1. The van der Waals surface area contributed by atoms with E-state index in [-0.39, 0.29) is 0 Å². The zero-order valence-electron chi connectivity index (χ0n) is 11.7. The van der Waals surface area contributed by atoms with Gasteiger partial charge in [0.1, 0.15) is 0 Å². The van der Waals surface area contributed by atoms with Gasteiger partial charge in [-0.05, 0) is 42.3 Å². The van der Waals surface area contributed by atoms with Gasteiger partial charge in [0.25, 0.3) is 0 Å². The van der Waals surface area contributed by atoms with E-state index in [4.69, 9.17) is 16.3 Å². The highest BCUT2D eigenvalue weighted by atomic mass is 79.9. The lowest BCUT2D eigenvalue weighted by atomic mass is 10.1. The summed E-state index contributed by atoms with van der Waals surface area (Å²) in [6.45, 7) is 2.69. The summed E-state index contributed by atoms with van der Waals surface area (Å²) in [6.07, 6.45) is 0. The van der Waals surface area contributed by atoms with E-state index in [1.54, 1.807) is 12.1 Å². The van der Waals surface area contributed by atoms with Crippen LogP contribution in [0.5, 0.6) is 0 Å². The van der Waals surface area contributed by atoms with Crippen LogP contribution in [0.15, 0.2) is 40.9 Å². The molecule has 2 rings (SSSR count). The maximum atomic E-state index is 11.6. The molecule has 2 aromatic rings. The molecular weight excluding hydrogens is 354 g/mol. The summed E-state index contributed by atoms with van der Waals surface area (Å²) in [6, 6.07) is 11.4. The molecule has 0 heterocycles. The highest BCUT2D eigenvalue weighted by Gasteiger charge is 2.11. The summed E-state index contributed by atoms with van der Waals surface area (Å²) in [4.78, 5) is 11.6. The fourth-order valence-electron chi connectivity index (χ4n) is 1.89. The van der Waals surface area contributed by atoms with Crippen LogP contribution in [-0.4, -0.2) is 13.1 Å². The van der Waals surface area contributed by atoms with Gasteiger partial charge in [0.2, 0.25) is 0 Å². The highest BCUT2D eigenvalue weighted by Crippen LogP contribution is 2.23. The van der Waals surface area contributed by atoms with Crippen molar-refractivity contribution in [2.24, 2.45) is 0 Å². The summed E-state index contributed by atoms with van der Waals surface area (Å²) >= 11 is 9.54. The molecule has 0 amide bonds. The van der Waals surface area contributed by atoms with Crippen molar-refractivity contribution in [2.75, 3.05) is 12.4 Å². The Bertz CT molecular complexity index is 673. The number of carbonyl (C=O) groups excluding carboxylic acids is 1. The van der Waals surface area contributed by atoms with Crippen molar-refractivity contribution in [3.63, 3.8) is 0 Å². The molecule has 5 heteroatoms. The number of aryl methyl sites for hydroxylation is 1. The van der Waals surface area contributed by atoms with Crippen LogP contribution >= 0.6 is 27.5 Å². The van der Waals surface area contributed by atoms with Gasteiger partial charge >= 0.3 is 5.97 Å². The number of halogens is 2. The van der Waals surface area contributed by atoms with Crippen molar-refractivity contribution in [1.29, 1.82) is 0 Å². The molecule has 0 bridgehead atoms. The van der Waals surface area contributed by atoms with Crippen LogP contribution in [0, 0.1) is 6.92 Å². The quantitative estimate of drug-likeness (QED) is 0.787. The normalized spacial score (nSPS) is 10.3. The van der Waals surface area contributed by atoms with Gasteiger partial charge in [-0.1, -0.05) is 39.7 Å². The molecule has 0 aliphatic carbocycles. The van der Waals surface area contributed by atoms with E-state index in [1.165, 1.54) is 12.7 Å². The van der Waals surface area contributed by atoms with E-state index in [1.807, 2.05) is 13.0 Å². The third-order valence-electron chi connectivity index (χ3n) is 3.06. The van der Waals surface area contributed by atoms with Crippen LogP contribution in [-0.2, 0) is 11.3 Å². The van der Waals surface area contributed by atoms with E-state index in [2.05, 4.69) is 39.4 Å². The Morgan fingerprint density at radius 2 is 2.05 bits per heavy atom. The molecule has 1 N–H and O–H groups in total. The van der Waals surface area contributed by atoms with Crippen molar-refractivity contribution in [3.05, 3.63) is 62.6 Å². The number of esters is 1. The van der Waals surface area contributed by atoms with Crippen molar-refractivity contribution in [3.8, 4) is 0 Å². The first kappa shape index (κ1) is 15.9. The molecule has 0 fully saturated rings. The molecular formula is C16H15BrClNO2. The van der Waals surface area contributed by atoms with Crippen LogP contribution in [0.4, 0.5) is 5.69 Å². The molecule has 0 radical (unpaired) electrons. The van der Waals surface area contributed by atoms with E-state index >= 15 is 0 Å². The van der Waals surface area contributed by atoms with E-state index in [0.717, 1.165) is 15.7 Å². The van der Waals surface area contributed by atoms with Gasteiger partial charge in [-0.15, -0.1) is 0 Å². The third kappa shape index (κ3) is 3.99. The summed E-state index contributed by atoms with van der Waals surface area (Å²) in [5, 5.41) is 3.65. The Hall–Kier alpha value is -1.52. The molecule has 0 aromatic heterocycles. The van der Waals surface area contributed by atoms with Crippen molar-refractivity contribution in [2.45, 2.75) is 13.5 Å². The van der Waals surface area contributed by atoms with E-state index in [0.29, 0.717) is 17.1 Å². The fraction of sp³-hybridized carbons (Fsp3) is 0.188. The van der Waals surface area contributed by atoms with Gasteiger partial charge in [-0.25, -0.2) is 4.79 Å². The van der Waals surface area contributed by atoms with Gasteiger partial charge in [0, 0.05) is 16.7 Å². The molecule has 0 unspecified atom stereocenters. The number of carbonyl (C=O) groups is 1. The van der Waals surface area contributed by atoms with Gasteiger partial charge in [-0.3, -0.25) is 0 Å². The Morgan fingerprint density at radius 3 is 2.71 bits per heavy atom. The molecule has 110 valence electrons. The molecule has 0 aliphatic heterocycles. The number of hydrogen-bond acceptors (Lipinski definition) is 3. The van der Waals surface area contributed by atoms with E-state index < -0.39 is 5.97 Å². The summed E-state index contributed by atoms with van der Waals surface area (Å²) in [7, 11) is 1.34. The van der Waals surface area contributed by atoms with Crippen molar-refractivity contribution < 1.29 is 9.53 Å². The van der Waals surface area contributed by atoms with Gasteiger partial charge < -0.3 is 10.1 Å². The smallest absolute Gasteiger partial charge is 0.339 e. The first-order valence-electron chi connectivity index (χ1n) is 6.38. The number of ether oxygens (including phenoxy) is 1. The Balaban J connectivity index is 2.15. The van der Waals surface area contributed by atoms with Crippen molar-refractivity contribution in [1.82, 2.24) is 0 Å². The number of rotatable bonds is 4. The third-order valence-corrected chi connectivity index (χ3v) is 4.13. The predicted molar refractivity (Wildman–Crippen MR) is 89.0 cm³/mol. The monoisotopic (exact) mass is 367 g/mol. The molecule has 0 saturated carbocycles. The van der Waals surface area contributed by atoms with E-state index in [9.17, 15) is 4.79 Å².